The molecule has 0 saturated heterocycles. The Morgan fingerprint density at radius 1 is 1.19 bits per heavy atom. The van der Waals surface area contributed by atoms with Gasteiger partial charge < -0.3 is 9.47 Å². The van der Waals surface area contributed by atoms with E-state index in [1.807, 2.05) is 30.3 Å². The van der Waals surface area contributed by atoms with Crippen LogP contribution in [-0.4, -0.2) is 19.7 Å². The van der Waals surface area contributed by atoms with Crippen LogP contribution in [0.1, 0.15) is 45.1 Å². The average Bonchev–Trinajstić information content (AvgIpc) is 2.53. The molecule has 0 amide bonds. The highest BCUT2D eigenvalue weighted by molar-refractivity contribution is 5.91. The van der Waals surface area contributed by atoms with Crippen LogP contribution >= 0.6 is 0 Å². The number of ether oxygens (including phenoxy) is 2. The smallest absolute Gasteiger partial charge is 0.373 e. The van der Waals surface area contributed by atoms with Gasteiger partial charge in [-0.15, -0.1) is 0 Å². The van der Waals surface area contributed by atoms with Crippen LogP contribution in [0.25, 0.3) is 6.08 Å². The molecule has 0 saturated carbocycles. The SMILES string of the molecule is CCC(CC)CCCOC(=O)C(=Cc1ccccc1)OC. The fraction of sp³-hybridized carbons (Fsp3) is 0.500. The van der Waals surface area contributed by atoms with Crippen LogP contribution < -0.4 is 0 Å². The lowest BCUT2D eigenvalue weighted by Gasteiger charge is -2.12. The molecule has 0 aromatic heterocycles. The van der Waals surface area contributed by atoms with Crippen molar-refractivity contribution in [3.05, 3.63) is 41.7 Å². The standard InChI is InChI=1S/C18H26O3/c1-4-15(5-2)12-9-13-21-18(19)17(20-3)14-16-10-7-6-8-11-16/h6-8,10-11,14-15H,4-5,9,12-13H2,1-3H3. The van der Waals surface area contributed by atoms with E-state index in [1.54, 1.807) is 6.08 Å². The first-order chi connectivity index (χ1) is 10.2. The second-order valence-electron chi connectivity index (χ2n) is 5.08. The zero-order chi connectivity index (χ0) is 15.5. The van der Waals surface area contributed by atoms with Gasteiger partial charge >= 0.3 is 5.97 Å². The van der Waals surface area contributed by atoms with Crippen LogP contribution in [0.5, 0.6) is 0 Å². The number of carbonyl (C=O) groups is 1. The predicted octanol–water partition coefficient (Wildman–Crippen LogP) is 4.43. The zero-order valence-electron chi connectivity index (χ0n) is 13.3. The predicted molar refractivity (Wildman–Crippen MR) is 85.7 cm³/mol. The van der Waals surface area contributed by atoms with Gasteiger partial charge in [-0.3, -0.25) is 0 Å². The summed E-state index contributed by atoms with van der Waals surface area (Å²) in [6, 6.07) is 9.60. The molecule has 0 fully saturated rings. The van der Waals surface area contributed by atoms with E-state index in [0.29, 0.717) is 6.61 Å². The summed E-state index contributed by atoms with van der Waals surface area (Å²) in [5.74, 6) is 0.570. The first-order valence-electron chi connectivity index (χ1n) is 7.69. The molecule has 0 unspecified atom stereocenters. The van der Waals surface area contributed by atoms with Gasteiger partial charge in [0.2, 0.25) is 5.76 Å². The van der Waals surface area contributed by atoms with Gasteiger partial charge in [0.25, 0.3) is 0 Å². The summed E-state index contributed by atoms with van der Waals surface area (Å²) in [7, 11) is 1.49. The van der Waals surface area contributed by atoms with Gasteiger partial charge in [0.15, 0.2) is 0 Å². The largest absolute Gasteiger partial charge is 0.490 e. The summed E-state index contributed by atoms with van der Waals surface area (Å²) in [5.41, 5.74) is 0.920. The van der Waals surface area contributed by atoms with Crippen molar-refractivity contribution in [3.63, 3.8) is 0 Å². The van der Waals surface area contributed by atoms with E-state index in [0.717, 1.165) is 24.3 Å². The van der Waals surface area contributed by atoms with Crippen molar-refractivity contribution in [2.24, 2.45) is 5.92 Å². The molecule has 1 aromatic carbocycles. The normalized spacial score (nSPS) is 11.5. The summed E-state index contributed by atoms with van der Waals surface area (Å²) in [6.45, 7) is 4.85. The maximum atomic E-state index is 11.9. The highest BCUT2D eigenvalue weighted by Gasteiger charge is 2.12. The molecule has 0 atom stereocenters. The molecular weight excluding hydrogens is 264 g/mol. The second kappa shape index (κ2) is 10.0. The molecule has 3 nitrogen and oxygen atoms in total. The van der Waals surface area contributed by atoms with Crippen molar-refractivity contribution < 1.29 is 14.3 Å². The number of benzene rings is 1. The molecule has 3 heteroatoms. The Kier molecular flexibility index (Phi) is 8.25. The molecule has 0 radical (unpaired) electrons. The minimum atomic E-state index is -0.397. The van der Waals surface area contributed by atoms with E-state index >= 15 is 0 Å². The minimum Gasteiger partial charge on any atom is -0.490 e. The van der Waals surface area contributed by atoms with Crippen LogP contribution in [0, 0.1) is 5.92 Å². The van der Waals surface area contributed by atoms with Crippen LogP contribution in [0.15, 0.2) is 36.1 Å². The third kappa shape index (κ3) is 6.48. The molecule has 0 heterocycles. The Morgan fingerprint density at radius 3 is 2.43 bits per heavy atom. The number of hydrogen-bond acceptors (Lipinski definition) is 3. The molecule has 116 valence electrons. The van der Waals surface area contributed by atoms with Crippen molar-refractivity contribution in [1.82, 2.24) is 0 Å². The Balaban J connectivity index is 2.44. The van der Waals surface area contributed by atoms with E-state index < -0.39 is 5.97 Å². The first-order valence-corrected chi connectivity index (χ1v) is 7.69. The van der Waals surface area contributed by atoms with Crippen LogP contribution in [-0.2, 0) is 14.3 Å². The highest BCUT2D eigenvalue weighted by atomic mass is 16.6. The summed E-state index contributed by atoms with van der Waals surface area (Å²) < 4.78 is 10.4. The van der Waals surface area contributed by atoms with Crippen LogP contribution in [0.4, 0.5) is 0 Å². The number of esters is 1. The number of carbonyl (C=O) groups excluding carboxylic acids is 1. The van der Waals surface area contributed by atoms with Crippen molar-refractivity contribution in [1.29, 1.82) is 0 Å². The van der Waals surface area contributed by atoms with Crippen molar-refractivity contribution in [2.75, 3.05) is 13.7 Å². The average molecular weight is 290 g/mol. The maximum Gasteiger partial charge on any atom is 0.373 e. The molecular formula is C18H26O3. The minimum absolute atomic E-state index is 0.240. The summed E-state index contributed by atoms with van der Waals surface area (Å²) in [4.78, 5) is 11.9. The molecule has 0 aliphatic rings. The zero-order valence-corrected chi connectivity index (χ0v) is 13.3. The first kappa shape index (κ1) is 17.3. The van der Waals surface area contributed by atoms with Gasteiger partial charge in [0, 0.05) is 0 Å². The van der Waals surface area contributed by atoms with Crippen molar-refractivity contribution in [3.8, 4) is 0 Å². The molecule has 21 heavy (non-hydrogen) atoms. The molecule has 0 N–H and O–H groups in total. The lowest BCUT2D eigenvalue weighted by atomic mass is 9.98. The van der Waals surface area contributed by atoms with Gasteiger partial charge in [-0.1, -0.05) is 57.0 Å². The van der Waals surface area contributed by atoms with Gasteiger partial charge in [-0.05, 0) is 30.4 Å². The quantitative estimate of drug-likeness (QED) is 0.292. The molecule has 1 rings (SSSR count). The lowest BCUT2D eigenvalue weighted by molar-refractivity contribution is -0.142. The summed E-state index contributed by atoms with van der Waals surface area (Å²) in [6.07, 6.45) is 6.07. The van der Waals surface area contributed by atoms with Crippen molar-refractivity contribution in [2.45, 2.75) is 39.5 Å². The number of methoxy groups -OCH3 is 1. The van der Waals surface area contributed by atoms with E-state index in [9.17, 15) is 4.79 Å². The molecule has 0 aliphatic heterocycles. The highest BCUT2D eigenvalue weighted by Crippen LogP contribution is 2.15. The van der Waals surface area contributed by atoms with Gasteiger partial charge in [0.1, 0.15) is 0 Å². The molecule has 0 aliphatic carbocycles. The lowest BCUT2D eigenvalue weighted by Crippen LogP contribution is -2.11. The van der Waals surface area contributed by atoms with Gasteiger partial charge in [-0.25, -0.2) is 4.79 Å². The van der Waals surface area contributed by atoms with Crippen LogP contribution in [0.3, 0.4) is 0 Å². The number of rotatable bonds is 9. The summed E-state index contributed by atoms with van der Waals surface area (Å²) in [5, 5.41) is 0. The van der Waals surface area contributed by atoms with E-state index in [4.69, 9.17) is 9.47 Å². The van der Waals surface area contributed by atoms with Crippen molar-refractivity contribution >= 4 is 12.0 Å². The van der Waals surface area contributed by atoms with E-state index in [2.05, 4.69) is 13.8 Å². The van der Waals surface area contributed by atoms with Crippen LogP contribution in [0.2, 0.25) is 0 Å². The summed E-state index contributed by atoms with van der Waals surface area (Å²) >= 11 is 0. The Hall–Kier alpha value is -1.77. The van der Waals surface area contributed by atoms with Gasteiger partial charge in [-0.2, -0.15) is 0 Å². The fourth-order valence-corrected chi connectivity index (χ4v) is 2.21. The topological polar surface area (TPSA) is 35.5 Å². The molecule has 0 spiro atoms. The van der Waals surface area contributed by atoms with E-state index in [1.165, 1.54) is 20.0 Å². The number of hydrogen-bond donors (Lipinski definition) is 0. The Labute approximate surface area is 128 Å². The third-order valence-corrected chi connectivity index (χ3v) is 3.66. The molecule has 1 aromatic rings. The van der Waals surface area contributed by atoms with Gasteiger partial charge in [0.05, 0.1) is 13.7 Å². The monoisotopic (exact) mass is 290 g/mol. The van der Waals surface area contributed by atoms with E-state index in [-0.39, 0.29) is 5.76 Å². The fourth-order valence-electron chi connectivity index (χ4n) is 2.21. The Bertz CT molecular complexity index is 433. The molecule has 0 bridgehead atoms. The Morgan fingerprint density at radius 2 is 1.86 bits per heavy atom. The maximum absolute atomic E-state index is 11.9. The third-order valence-electron chi connectivity index (χ3n) is 3.66. The second-order valence-corrected chi connectivity index (χ2v) is 5.08.